The van der Waals surface area contributed by atoms with Gasteiger partial charge in [0.05, 0.1) is 29.9 Å². The Morgan fingerprint density at radius 2 is 2.18 bits per heavy atom. The fourth-order valence-corrected chi connectivity index (χ4v) is 1.84. The smallest absolute Gasteiger partial charge is 0.158 e. The third-order valence-electron chi connectivity index (χ3n) is 2.17. The van der Waals surface area contributed by atoms with E-state index in [1.54, 1.807) is 10.9 Å². The summed E-state index contributed by atoms with van der Waals surface area (Å²) in [6.45, 7) is 3.95. The van der Waals surface area contributed by atoms with E-state index >= 15 is 0 Å². The first-order valence-corrected chi connectivity index (χ1v) is 6.12. The summed E-state index contributed by atoms with van der Waals surface area (Å²) >= 11 is 3.41. The Morgan fingerprint density at radius 3 is 2.88 bits per heavy atom. The molecule has 90 valence electrons. The molecule has 0 aliphatic carbocycles. The predicted molar refractivity (Wildman–Crippen MR) is 71.4 cm³/mol. The second-order valence-electron chi connectivity index (χ2n) is 3.99. The van der Waals surface area contributed by atoms with Gasteiger partial charge in [-0.2, -0.15) is 5.10 Å². The predicted octanol–water partition coefficient (Wildman–Crippen LogP) is 3.00. The summed E-state index contributed by atoms with van der Waals surface area (Å²) in [4.78, 5) is 0. The number of benzene rings is 1. The van der Waals surface area contributed by atoms with Crippen molar-refractivity contribution in [3.8, 4) is 11.4 Å². The van der Waals surface area contributed by atoms with E-state index in [0.29, 0.717) is 5.69 Å². The van der Waals surface area contributed by atoms with Crippen LogP contribution in [0, 0.1) is 0 Å². The largest absolute Gasteiger partial charge is 0.488 e. The lowest BCUT2D eigenvalue weighted by atomic mass is 10.3. The van der Waals surface area contributed by atoms with E-state index in [1.165, 1.54) is 0 Å². The van der Waals surface area contributed by atoms with Gasteiger partial charge in [0.1, 0.15) is 0 Å². The molecule has 0 saturated heterocycles. The van der Waals surface area contributed by atoms with E-state index in [0.717, 1.165) is 15.9 Å². The van der Waals surface area contributed by atoms with Crippen LogP contribution in [-0.2, 0) is 0 Å². The van der Waals surface area contributed by atoms with Crippen LogP contribution in [0.5, 0.6) is 5.75 Å². The quantitative estimate of drug-likeness (QED) is 0.886. The van der Waals surface area contributed by atoms with Gasteiger partial charge < -0.3 is 10.5 Å². The molecule has 0 amide bonds. The van der Waals surface area contributed by atoms with Crippen LogP contribution >= 0.6 is 15.9 Å². The van der Waals surface area contributed by atoms with E-state index in [4.69, 9.17) is 10.5 Å². The zero-order chi connectivity index (χ0) is 12.4. The molecule has 5 heteroatoms. The second-order valence-corrected chi connectivity index (χ2v) is 4.91. The number of anilines is 1. The SMILES string of the molecule is CC(C)Oc1cnn(-c2cc(Br)ccc2N)c1. The summed E-state index contributed by atoms with van der Waals surface area (Å²) in [6.07, 6.45) is 3.63. The molecule has 1 aromatic carbocycles. The van der Waals surface area contributed by atoms with Crippen molar-refractivity contribution in [1.29, 1.82) is 0 Å². The highest BCUT2D eigenvalue weighted by atomic mass is 79.9. The van der Waals surface area contributed by atoms with Gasteiger partial charge in [0.25, 0.3) is 0 Å². The van der Waals surface area contributed by atoms with Crippen molar-refractivity contribution < 1.29 is 4.74 Å². The third kappa shape index (κ3) is 2.79. The molecule has 0 bridgehead atoms. The molecule has 0 atom stereocenters. The van der Waals surface area contributed by atoms with Crippen LogP contribution in [0.4, 0.5) is 5.69 Å². The van der Waals surface area contributed by atoms with Gasteiger partial charge in [0, 0.05) is 4.47 Å². The molecular formula is C12H14BrN3O. The van der Waals surface area contributed by atoms with Crippen molar-refractivity contribution in [2.75, 3.05) is 5.73 Å². The Hall–Kier alpha value is -1.49. The number of nitrogens with two attached hydrogens (primary N) is 1. The van der Waals surface area contributed by atoms with Crippen LogP contribution in [-0.4, -0.2) is 15.9 Å². The monoisotopic (exact) mass is 295 g/mol. The van der Waals surface area contributed by atoms with Gasteiger partial charge in [-0.15, -0.1) is 0 Å². The van der Waals surface area contributed by atoms with Crippen molar-refractivity contribution in [1.82, 2.24) is 9.78 Å². The second kappa shape index (κ2) is 4.79. The number of aromatic nitrogens is 2. The van der Waals surface area contributed by atoms with E-state index in [-0.39, 0.29) is 6.10 Å². The van der Waals surface area contributed by atoms with Gasteiger partial charge in [0.2, 0.25) is 0 Å². The fourth-order valence-electron chi connectivity index (χ4n) is 1.49. The van der Waals surface area contributed by atoms with Crippen molar-refractivity contribution in [3.63, 3.8) is 0 Å². The Balaban J connectivity index is 2.33. The first-order valence-electron chi connectivity index (χ1n) is 5.33. The van der Waals surface area contributed by atoms with Gasteiger partial charge >= 0.3 is 0 Å². The molecule has 0 aliphatic rings. The molecule has 0 aliphatic heterocycles. The standard InChI is InChI=1S/C12H14BrN3O/c1-8(2)17-10-6-15-16(7-10)12-5-9(13)3-4-11(12)14/h3-8H,14H2,1-2H3. The topological polar surface area (TPSA) is 53.1 Å². The normalized spacial score (nSPS) is 10.8. The molecule has 2 N–H and O–H groups in total. The summed E-state index contributed by atoms with van der Waals surface area (Å²) in [5.74, 6) is 0.736. The number of nitrogen functional groups attached to an aromatic ring is 1. The molecule has 4 nitrogen and oxygen atoms in total. The molecule has 1 heterocycles. The van der Waals surface area contributed by atoms with Crippen LogP contribution in [0.3, 0.4) is 0 Å². The molecule has 0 spiro atoms. The van der Waals surface area contributed by atoms with Crippen molar-refractivity contribution in [3.05, 3.63) is 35.1 Å². The molecule has 0 saturated carbocycles. The zero-order valence-electron chi connectivity index (χ0n) is 9.72. The van der Waals surface area contributed by atoms with Crippen molar-refractivity contribution in [2.45, 2.75) is 20.0 Å². The molecule has 2 rings (SSSR count). The molecule has 0 fully saturated rings. The molecule has 1 aromatic heterocycles. The van der Waals surface area contributed by atoms with E-state index in [2.05, 4.69) is 21.0 Å². The summed E-state index contributed by atoms with van der Waals surface area (Å²) in [6, 6.07) is 5.65. The average Bonchev–Trinajstić information content (AvgIpc) is 2.69. The zero-order valence-corrected chi connectivity index (χ0v) is 11.3. The van der Waals surface area contributed by atoms with E-state index < -0.39 is 0 Å². The highest BCUT2D eigenvalue weighted by molar-refractivity contribution is 9.10. The Kier molecular flexibility index (Phi) is 3.38. The van der Waals surface area contributed by atoms with Gasteiger partial charge in [0.15, 0.2) is 5.75 Å². The maximum absolute atomic E-state index is 5.91. The molecular weight excluding hydrogens is 282 g/mol. The lowest BCUT2D eigenvalue weighted by Gasteiger charge is -2.07. The van der Waals surface area contributed by atoms with Crippen molar-refractivity contribution >= 4 is 21.6 Å². The Bertz CT molecular complexity index is 522. The lowest BCUT2D eigenvalue weighted by Crippen LogP contribution is -2.04. The highest BCUT2D eigenvalue weighted by Gasteiger charge is 2.06. The number of ether oxygens (including phenoxy) is 1. The fraction of sp³-hybridized carbons (Fsp3) is 0.250. The lowest BCUT2D eigenvalue weighted by molar-refractivity contribution is 0.242. The molecule has 2 aromatic rings. The minimum absolute atomic E-state index is 0.132. The minimum atomic E-state index is 0.132. The Morgan fingerprint density at radius 1 is 1.41 bits per heavy atom. The van der Waals surface area contributed by atoms with Gasteiger partial charge in [-0.25, -0.2) is 4.68 Å². The maximum atomic E-state index is 5.91. The number of halogens is 1. The average molecular weight is 296 g/mol. The number of hydrogen-bond acceptors (Lipinski definition) is 3. The summed E-state index contributed by atoms with van der Waals surface area (Å²) in [7, 11) is 0. The first kappa shape index (κ1) is 12.0. The Labute approximate surface area is 109 Å². The molecule has 0 radical (unpaired) electrons. The van der Waals surface area contributed by atoms with Gasteiger partial charge in [-0.1, -0.05) is 15.9 Å². The van der Waals surface area contributed by atoms with E-state index in [9.17, 15) is 0 Å². The first-order chi connectivity index (χ1) is 8.06. The molecule has 17 heavy (non-hydrogen) atoms. The number of rotatable bonds is 3. The molecule has 0 unspecified atom stereocenters. The summed E-state index contributed by atoms with van der Waals surface area (Å²) < 4.78 is 8.22. The number of nitrogens with zero attached hydrogens (tertiary/aromatic N) is 2. The third-order valence-corrected chi connectivity index (χ3v) is 2.66. The van der Waals surface area contributed by atoms with Crippen LogP contribution in [0.25, 0.3) is 5.69 Å². The minimum Gasteiger partial charge on any atom is -0.488 e. The van der Waals surface area contributed by atoms with E-state index in [1.807, 2.05) is 38.2 Å². The van der Waals surface area contributed by atoms with Crippen LogP contribution < -0.4 is 10.5 Å². The van der Waals surface area contributed by atoms with Crippen LogP contribution in [0.2, 0.25) is 0 Å². The van der Waals surface area contributed by atoms with Crippen LogP contribution in [0.15, 0.2) is 35.1 Å². The van der Waals surface area contributed by atoms with Gasteiger partial charge in [-0.3, -0.25) is 0 Å². The maximum Gasteiger partial charge on any atom is 0.158 e. The highest BCUT2D eigenvalue weighted by Crippen LogP contribution is 2.23. The van der Waals surface area contributed by atoms with Gasteiger partial charge in [-0.05, 0) is 32.0 Å². The summed E-state index contributed by atoms with van der Waals surface area (Å²) in [5, 5.41) is 4.23. The van der Waals surface area contributed by atoms with Crippen molar-refractivity contribution in [2.24, 2.45) is 0 Å². The van der Waals surface area contributed by atoms with Crippen LogP contribution in [0.1, 0.15) is 13.8 Å². The number of hydrogen-bond donors (Lipinski definition) is 1. The summed E-state index contributed by atoms with van der Waals surface area (Å²) in [5.41, 5.74) is 7.41.